The van der Waals surface area contributed by atoms with Crippen LogP contribution in [-0.2, 0) is 6.18 Å². The summed E-state index contributed by atoms with van der Waals surface area (Å²) >= 11 is 4.45. The third kappa shape index (κ3) is 3.70. The number of phenols is 1. The van der Waals surface area contributed by atoms with Crippen molar-refractivity contribution in [2.75, 3.05) is 5.32 Å². The van der Waals surface area contributed by atoms with Crippen LogP contribution in [0.15, 0.2) is 52.4 Å². The van der Waals surface area contributed by atoms with Crippen LogP contribution in [0, 0.1) is 0 Å². The zero-order valence-corrected chi connectivity index (χ0v) is 16.6. The first-order valence-corrected chi connectivity index (χ1v) is 9.71. The summed E-state index contributed by atoms with van der Waals surface area (Å²) in [5.74, 6) is -0.946. The molecule has 1 amide bonds. The Morgan fingerprint density at radius 2 is 2.03 bits per heavy atom. The van der Waals surface area contributed by atoms with Crippen LogP contribution >= 0.6 is 27.3 Å². The van der Waals surface area contributed by atoms with E-state index in [9.17, 15) is 23.1 Å². The first kappa shape index (κ1) is 19.4. The molecule has 0 aliphatic heterocycles. The Morgan fingerprint density at radius 3 is 2.72 bits per heavy atom. The van der Waals surface area contributed by atoms with E-state index < -0.39 is 17.8 Å². The minimum absolute atomic E-state index is 0.0830. The van der Waals surface area contributed by atoms with E-state index in [1.165, 1.54) is 23.5 Å². The average molecular weight is 483 g/mol. The van der Waals surface area contributed by atoms with E-state index in [0.29, 0.717) is 13.9 Å². The number of benzene rings is 1. The molecule has 0 unspecified atom stereocenters. The number of alkyl halides is 3. The van der Waals surface area contributed by atoms with Crippen molar-refractivity contribution in [2.24, 2.45) is 0 Å². The molecule has 3 aromatic heterocycles. The third-order valence-electron chi connectivity index (χ3n) is 3.99. The molecule has 2 N–H and O–H groups in total. The first-order chi connectivity index (χ1) is 13.7. The summed E-state index contributed by atoms with van der Waals surface area (Å²) < 4.78 is 41.9. The summed E-state index contributed by atoms with van der Waals surface area (Å²) in [6.07, 6.45) is -3.68. The molecule has 0 radical (unpaired) electrons. The minimum atomic E-state index is -4.70. The van der Waals surface area contributed by atoms with Crippen LogP contribution in [0.5, 0.6) is 5.75 Å². The number of hydrogen-bond acceptors (Lipinski definition) is 5. The number of hydrogen-bond donors (Lipinski definition) is 2. The molecule has 3 heterocycles. The third-order valence-corrected chi connectivity index (χ3v) is 5.37. The molecular formula is C18H10BrF3N4O2S. The molecule has 4 rings (SSSR count). The van der Waals surface area contributed by atoms with Gasteiger partial charge in [-0.2, -0.15) is 18.3 Å². The number of thiophene rings is 1. The molecule has 1 aromatic carbocycles. The molecule has 11 heteroatoms. The standard InChI is InChI=1S/C18H10BrF3N4O2S/c19-9-3-4-13(27)11(6-9)25-17(28)10-8-23-26-15(18(20,21)22)7-12(24-16(10)26)14-2-1-5-29-14/h1-8,27H,(H,25,28). The lowest BCUT2D eigenvalue weighted by atomic mass is 10.2. The fourth-order valence-electron chi connectivity index (χ4n) is 2.67. The summed E-state index contributed by atoms with van der Waals surface area (Å²) in [6.45, 7) is 0. The predicted molar refractivity (Wildman–Crippen MR) is 105 cm³/mol. The van der Waals surface area contributed by atoms with E-state index in [1.807, 2.05) is 0 Å². The number of halogens is 4. The Hall–Kier alpha value is -2.92. The van der Waals surface area contributed by atoms with Gasteiger partial charge >= 0.3 is 6.18 Å². The maximum absolute atomic E-state index is 13.6. The lowest BCUT2D eigenvalue weighted by Crippen LogP contribution is -2.15. The molecule has 6 nitrogen and oxygen atoms in total. The first-order valence-electron chi connectivity index (χ1n) is 8.04. The Labute approximate surface area is 173 Å². The van der Waals surface area contributed by atoms with E-state index in [0.717, 1.165) is 12.3 Å². The molecule has 0 saturated heterocycles. The molecule has 0 saturated carbocycles. The number of fused-ring (bicyclic) bond motifs is 1. The van der Waals surface area contributed by atoms with Gasteiger partial charge in [-0.3, -0.25) is 4.79 Å². The molecule has 0 aliphatic rings. The van der Waals surface area contributed by atoms with Crippen molar-refractivity contribution in [1.29, 1.82) is 0 Å². The molecule has 0 spiro atoms. The van der Waals surface area contributed by atoms with Gasteiger partial charge < -0.3 is 10.4 Å². The van der Waals surface area contributed by atoms with Crippen molar-refractivity contribution < 1.29 is 23.1 Å². The second kappa shape index (κ2) is 7.16. The number of nitrogens with zero attached hydrogens (tertiary/aromatic N) is 3. The molecular weight excluding hydrogens is 473 g/mol. The van der Waals surface area contributed by atoms with Crippen LogP contribution in [0.25, 0.3) is 16.2 Å². The summed E-state index contributed by atoms with van der Waals surface area (Å²) in [7, 11) is 0. The van der Waals surface area contributed by atoms with Crippen molar-refractivity contribution in [3.63, 3.8) is 0 Å². The number of aromatic hydroxyl groups is 1. The lowest BCUT2D eigenvalue weighted by molar-refractivity contribution is -0.142. The van der Waals surface area contributed by atoms with Gasteiger partial charge in [0.2, 0.25) is 0 Å². The monoisotopic (exact) mass is 482 g/mol. The highest BCUT2D eigenvalue weighted by Crippen LogP contribution is 2.34. The largest absolute Gasteiger partial charge is 0.506 e. The van der Waals surface area contributed by atoms with Crippen LogP contribution in [-0.4, -0.2) is 25.6 Å². The molecule has 0 atom stereocenters. The van der Waals surface area contributed by atoms with Crippen molar-refractivity contribution in [2.45, 2.75) is 6.18 Å². The van der Waals surface area contributed by atoms with Gasteiger partial charge in [-0.25, -0.2) is 9.50 Å². The number of nitrogens with one attached hydrogen (secondary N) is 1. The fraction of sp³-hybridized carbons (Fsp3) is 0.0556. The normalized spacial score (nSPS) is 11.7. The SMILES string of the molecule is O=C(Nc1cc(Br)ccc1O)c1cnn2c(C(F)(F)F)cc(-c3cccs3)nc12. The lowest BCUT2D eigenvalue weighted by Gasteiger charge is -2.11. The van der Waals surface area contributed by atoms with Crippen molar-refractivity contribution in [1.82, 2.24) is 14.6 Å². The molecule has 4 aromatic rings. The topological polar surface area (TPSA) is 79.5 Å². The van der Waals surface area contributed by atoms with Gasteiger partial charge in [0.25, 0.3) is 5.91 Å². The Bertz CT molecular complexity index is 1220. The van der Waals surface area contributed by atoms with E-state index in [-0.39, 0.29) is 28.3 Å². The summed E-state index contributed by atoms with van der Waals surface area (Å²) in [5.41, 5.74) is -1.27. The smallest absolute Gasteiger partial charge is 0.433 e. The van der Waals surface area contributed by atoms with E-state index >= 15 is 0 Å². The van der Waals surface area contributed by atoms with Gasteiger partial charge in [-0.15, -0.1) is 11.3 Å². The highest BCUT2D eigenvalue weighted by atomic mass is 79.9. The number of amides is 1. The molecule has 0 bridgehead atoms. The van der Waals surface area contributed by atoms with Gasteiger partial charge in [-0.05, 0) is 35.7 Å². The molecule has 0 aliphatic carbocycles. The van der Waals surface area contributed by atoms with Crippen molar-refractivity contribution in [3.05, 3.63) is 63.7 Å². The van der Waals surface area contributed by atoms with Gasteiger partial charge in [0.1, 0.15) is 11.3 Å². The Kier molecular flexibility index (Phi) is 4.79. The zero-order valence-electron chi connectivity index (χ0n) is 14.2. The second-order valence-electron chi connectivity index (χ2n) is 5.91. The number of anilines is 1. The van der Waals surface area contributed by atoms with Crippen LogP contribution in [0.2, 0.25) is 0 Å². The average Bonchev–Trinajstić information content (AvgIpc) is 3.32. The predicted octanol–water partition coefficient (Wildman–Crippen LogP) is 5.20. The number of phenolic OH excluding ortho intramolecular Hbond substituents is 1. The van der Waals surface area contributed by atoms with E-state index in [4.69, 9.17) is 0 Å². The summed E-state index contributed by atoms with van der Waals surface area (Å²) in [5, 5.41) is 17.8. The van der Waals surface area contributed by atoms with Gasteiger partial charge in [-0.1, -0.05) is 22.0 Å². The molecule has 0 fully saturated rings. The van der Waals surface area contributed by atoms with Crippen LogP contribution in [0.3, 0.4) is 0 Å². The maximum Gasteiger partial charge on any atom is 0.433 e. The number of rotatable bonds is 3. The fourth-order valence-corrected chi connectivity index (χ4v) is 3.72. The van der Waals surface area contributed by atoms with Gasteiger partial charge in [0, 0.05) is 4.47 Å². The van der Waals surface area contributed by atoms with Crippen LogP contribution in [0.4, 0.5) is 18.9 Å². The maximum atomic E-state index is 13.6. The Morgan fingerprint density at radius 1 is 1.24 bits per heavy atom. The van der Waals surface area contributed by atoms with Crippen LogP contribution in [0.1, 0.15) is 16.1 Å². The molecule has 29 heavy (non-hydrogen) atoms. The minimum Gasteiger partial charge on any atom is -0.506 e. The van der Waals surface area contributed by atoms with Gasteiger partial charge in [0.05, 0.1) is 22.5 Å². The van der Waals surface area contributed by atoms with Gasteiger partial charge in [0.15, 0.2) is 11.3 Å². The number of carbonyl (C=O) groups is 1. The highest BCUT2D eigenvalue weighted by Gasteiger charge is 2.36. The quantitative estimate of drug-likeness (QED) is 0.393. The summed E-state index contributed by atoms with van der Waals surface area (Å²) in [4.78, 5) is 17.5. The second-order valence-corrected chi connectivity index (χ2v) is 7.77. The van der Waals surface area contributed by atoms with Crippen molar-refractivity contribution >= 4 is 44.5 Å². The Balaban J connectivity index is 1.84. The van der Waals surface area contributed by atoms with Crippen LogP contribution < -0.4 is 5.32 Å². The van der Waals surface area contributed by atoms with E-state index in [2.05, 4.69) is 31.3 Å². The molecule has 148 valence electrons. The number of aromatic nitrogens is 3. The zero-order chi connectivity index (χ0) is 20.8. The van der Waals surface area contributed by atoms with Crippen molar-refractivity contribution in [3.8, 4) is 16.3 Å². The highest BCUT2D eigenvalue weighted by molar-refractivity contribution is 9.10. The summed E-state index contributed by atoms with van der Waals surface area (Å²) in [6, 6.07) is 8.63. The number of carbonyl (C=O) groups excluding carboxylic acids is 1. The van der Waals surface area contributed by atoms with E-state index in [1.54, 1.807) is 23.6 Å².